The van der Waals surface area contributed by atoms with E-state index in [1.165, 1.54) is 24.6 Å². The summed E-state index contributed by atoms with van der Waals surface area (Å²) in [4.78, 5) is 34.6. The summed E-state index contributed by atoms with van der Waals surface area (Å²) in [5.74, 6) is -1.25. The molecule has 27 heavy (non-hydrogen) atoms. The minimum atomic E-state index is -4.62. The maximum Gasteiger partial charge on any atom is 0.405 e. The van der Waals surface area contributed by atoms with Gasteiger partial charge in [-0.1, -0.05) is 0 Å². The Morgan fingerprint density at radius 3 is 2.56 bits per heavy atom. The van der Waals surface area contributed by atoms with Crippen LogP contribution in [-0.4, -0.2) is 57.6 Å². The molecule has 2 N–H and O–H groups in total. The molecule has 0 saturated heterocycles. The quantitative estimate of drug-likeness (QED) is 0.720. The van der Waals surface area contributed by atoms with E-state index in [1.807, 2.05) is 0 Å². The Labute approximate surface area is 150 Å². The van der Waals surface area contributed by atoms with Crippen molar-refractivity contribution >= 4 is 17.9 Å². The first kappa shape index (κ1) is 20.1. The van der Waals surface area contributed by atoms with Gasteiger partial charge >= 0.3 is 18.2 Å². The molecule has 0 aliphatic carbocycles. The van der Waals surface area contributed by atoms with Crippen molar-refractivity contribution in [2.75, 3.05) is 33.5 Å². The minimum absolute atomic E-state index is 0.00887. The average Bonchev–Trinajstić information content (AvgIpc) is 2.63. The summed E-state index contributed by atoms with van der Waals surface area (Å²) in [5.41, 5.74) is -0.00887. The number of amides is 3. The van der Waals surface area contributed by atoms with Crippen molar-refractivity contribution in [1.29, 1.82) is 0 Å². The number of methoxy groups -OCH3 is 1. The van der Waals surface area contributed by atoms with Crippen molar-refractivity contribution in [2.24, 2.45) is 0 Å². The van der Waals surface area contributed by atoms with E-state index >= 15 is 0 Å². The van der Waals surface area contributed by atoms with Gasteiger partial charge < -0.3 is 24.3 Å². The number of rotatable bonds is 5. The lowest BCUT2D eigenvalue weighted by Gasteiger charge is -2.21. The number of imide groups is 1. The fourth-order valence-electron chi connectivity index (χ4n) is 1.99. The molecule has 0 aromatic heterocycles. The molecule has 0 saturated carbocycles. The van der Waals surface area contributed by atoms with Crippen LogP contribution in [0.3, 0.4) is 0 Å². The van der Waals surface area contributed by atoms with Crippen molar-refractivity contribution in [2.45, 2.75) is 6.18 Å². The Balaban J connectivity index is 1.90. The van der Waals surface area contributed by atoms with Crippen molar-refractivity contribution in [3.63, 3.8) is 0 Å². The first-order chi connectivity index (χ1) is 12.7. The maximum absolute atomic E-state index is 12.0. The highest BCUT2D eigenvalue weighted by atomic mass is 19.4. The van der Waals surface area contributed by atoms with Gasteiger partial charge in [0.15, 0.2) is 18.1 Å². The molecular weight excluding hydrogens is 377 g/mol. The van der Waals surface area contributed by atoms with Gasteiger partial charge in [-0.05, 0) is 12.1 Å². The highest BCUT2D eigenvalue weighted by molar-refractivity contribution is 5.97. The summed E-state index contributed by atoms with van der Waals surface area (Å²) < 4.78 is 56.4. The zero-order valence-electron chi connectivity index (χ0n) is 14.0. The molecular formula is C15H15F3N2O7. The first-order valence-electron chi connectivity index (χ1n) is 7.49. The van der Waals surface area contributed by atoms with Gasteiger partial charge in [-0.3, -0.25) is 10.1 Å². The van der Waals surface area contributed by atoms with E-state index in [0.717, 1.165) is 0 Å². The fraction of sp³-hybridized carbons (Fsp3) is 0.400. The molecule has 0 radical (unpaired) electrons. The summed E-state index contributed by atoms with van der Waals surface area (Å²) in [6.07, 6.45) is -4.62. The van der Waals surface area contributed by atoms with Crippen LogP contribution < -0.4 is 24.8 Å². The molecule has 1 aliphatic heterocycles. The molecule has 0 spiro atoms. The van der Waals surface area contributed by atoms with E-state index in [-0.39, 0.29) is 23.7 Å². The fourth-order valence-corrected chi connectivity index (χ4v) is 1.99. The minimum Gasteiger partial charge on any atom is -0.493 e. The highest BCUT2D eigenvalue weighted by Gasteiger charge is 2.28. The molecule has 2 rings (SSSR count). The van der Waals surface area contributed by atoms with E-state index in [2.05, 4.69) is 0 Å². The van der Waals surface area contributed by atoms with Gasteiger partial charge in [0, 0.05) is 0 Å². The zero-order chi connectivity index (χ0) is 20.0. The molecule has 12 heteroatoms. The normalized spacial score (nSPS) is 12.7. The summed E-state index contributed by atoms with van der Waals surface area (Å²) in [6.45, 7) is -1.91. The number of carbonyl (C=O) groups excluding carboxylic acids is 3. The third-order valence-corrected chi connectivity index (χ3v) is 3.10. The van der Waals surface area contributed by atoms with Crippen molar-refractivity contribution in [3.8, 4) is 17.2 Å². The largest absolute Gasteiger partial charge is 0.493 e. The van der Waals surface area contributed by atoms with E-state index in [9.17, 15) is 27.6 Å². The van der Waals surface area contributed by atoms with Crippen LogP contribution in [0.1, 0.15) is 10.4 Å². The molecule has 1 aromatic rings. The average molecular weight is 392 g/mol. The second kappa shape index (κ2) is 8.47. The summed E-state index contributed by atoms with van der Waals surface area (Å²) in [6, 6.07) is 1.27. The molecule has 0 bridgehead atoms. The van der Waals surface area contributed by atoms with Crippen LogP contribution >= 0.6 is 0 Å². The van der Waals surface area contributed by atoms with Crippen molar-refractivity contribution in [1.82, 2.24) is 10.6 Å². The SMILES string of the molecule is COc1cc(C(=O)OCC(=O)NC(=O)NCC(F)(F)F)cc2c1OCCO2. The summed E-state index contributed by atoms with van der Waals surface area (Å²) in [5, 5.41) is 3.03. The van der Waals surface area contributed by atoms with E-state index in [1.54, 1.807) is 5.32 Å². The first-order valence-corrected chi connectivity index (χ1v) is 7.49. The standard InChI is InChI=1S/C15H15F3N2O7/c1-24-9-4-8(5-10-12(9)26-3-2-25-10)13(22)27-6-11(21)20-14(23)19-7-15(16,17)18/h4-5H,2-3,6-7H2,1H3,(H2,19,20,21,23). The van der Waals surface area contributed by atoms with E-state index < -0.39 is 37.2 Å². The number of carbonyl (C=O) groups is 3. The van der Waals surface area contributed by atoms with Gasteiger partial charge in [0.25, 0.3) is 5.91 Å². The second-order valence-corrected chi connectivity index (χ2v) is 5.12. The Morgan fingerprint density at radius 2 is 1.89 bits per heavy atom. The molecule has 1 aromatic carbocycles. The van der Waals surface area contributed by atoms with Crippen LogP contribution in [0.4, 0.5) is 18.0 Å². The number of hydrogen-bond donors (Lipinski definition) is 2. The lowest BCUT2D eigenvalue weighted by Crippen LogP contribution is -2.44. The van der Waals surface area contributed by atoms with Crippen molar-refractivity contribution < 1.29 is 46.5 Å². The van der Waals surface area contributed by atoms with Gasteiger partial charge in [0.2, 0.25) is 5.75 Å². The number of ether oxygens (including phenoxy) is 4. The Hall–Kier alpha value is -3.18. The van der Waals surface area contributed by atoms with Gasteiger partial charge in [0.1, 0.15) is 19.8 Å². The molecule has 9 nitrogen and oxygen atoms in total. The lowest BCUT2D eigenvalue weighted by atomic mass is 10.1. The second-order valence-electron chi connectivity index (χ2n) is 5.12. The summed E-state index contributed by atoms with van der Waals surface area (Å²) >= 11 is 0. The number of halogens is 3. The van der Waals surface area contributed by atoms with Crippen LogP contribution in [0.5, 0.6) is 17.2 Å². The molecule has 1 heterocycles. The number of esters is 1. The van der Waals surface area contributed by atoms with Crippen LogP contribution in [0.15, 0.2) is 12.1 Å². The van der Waals surface area contributed by atoms with Crippen LogP contribution in [-0.2, 0) is 9.53 Å². The maximum atomic E-state index is 12.0. The topological polar surface area (TPSA) is 112 Å². The third kappa shape index (κ3) is 5.94. The molecule has 0 atom stereocenters. The predicted molar refractivity (Wildman–Crippen MR) is 81.9 cm³/mol. The van der Waals surface area contributed by atoms with E-state index in [0.29, 0.717) is 12.4 Å². The molecule has 3 amide bonds. The Bertz CT molecular complexity index is 720. The summed E-state index contributed by atoms with van der Waals surface area (Å²) in [7, 11) is 1.36. The van der Waals surface area contributed by atoms with Crippen LogP contribution in [0.2, 0.25) is 0 Å². The molecule has 0 unspecified atom stereocenters. The van der Waals surface area contributed by atoms with Gasteiger partial charge in [0.05, 0.1) is 12.7 Å². The molecule has 0 fully saturated rings. The number of alkyl halides is 3. The number of benzene rings is 1. The van der Waals surface area contributed by atoms with E-state index in [4.69, 9.17) is 18.9 Å². The Kier molecular flexibility index (Phi) is 6.32. The predicted octanol–water partition coefficient (Wildman–Crippen LogP) is 1.01. The number of hydrogen-bond acceptors (Lipinski definition) is 7. The van der Waals surface area contributed by atoms with Crippen LogP contribution in [0.25, 0.3) is 0 Å². The zero-order valence-corrected chi connectivity index (χ0v) is 14.0. The monoisotopic (exact) mass is 392 g/mol. The number of nitrogens with one attached hydrogen (secondary N) is 2. The third-order valence-electron chi connectivity index (χ3n) is 3.10. The van der Waals surface area contributed by atoms with Crippen LogP contribution in [0, 0.1) is 0 Å². The number of fused-ring (bicyclic) bond motifs is 1. The molecule has 148 valence electrons. The molecule has 1 aliphatic rings. The lowest BCUT2D eigenvalue weighted by molar-refractivity contribution is -0.125. The van der Waals surface area contributed by atoms with Gasteiger partial charge in [-0.15, -0.1) is 0 Å². The van der Waals surface area contributed by atoms with Crippen molar-refractivity contribution in [3.05, 3.63) is 17.7 Å². The van der Waals surface area contributed by atoms with Gasteiger partial charge in [-0.2, -0.15) is 13.2 Å². The smallest absolute Gasteiger partial charge is 0.405 e. The Morgan fingerprint density at radius 1 is 1.19 bits per heavy atom. The highest BCUT2D eigenvalue weighted by Crippen LogP contribution is 2.40. The number of urea groups is 1. The van der Waals surface area contributed by atoms with Gasteiger partial charge in [-0.25, -0.2) is 9.59 Å².